The minimum atomic E-state index is -3.65. The summed E-state index contributed by atoms with van der Waals surface area (Å²) in [5.41, 5.74) is 0. The van der Waals surface area contributed by atoms with Crippen LogP contribution in [0.4, 0.5) is 0 Å². The summed E-state index contributed by atoms with van der Waals surface area (Å²) in [5, 5.41) is 3.85. The number of sulfonamides is 1. The zero-order valence-corrected chi connectivity index (χ0v) is 11.2. The number of hydrogen-bond acceptors (Lipinski definition) is 4. The highest BCUT2D eigenvalue weighted by atomic mass is 35.5. The van der Waals surface area contributed by atoms with Gasteiger partial charge in [0.05, 0.1) is 11.2 Å². The number of halogens is 1. The van der Waals surface area contributed by atoms with Crippen LogP contribution < -0.4 is 4.72 Å². The SMILES string of the molecule is Cn1ncc(Cl)c1S(=O)(=O)NCCc1ncc[nH]1. The molecule has 0 aliphatic carbocycles. The first kappa shape index (κ1) is 13.1. The van der Waals surface area contributed by atoms with Gasteiger partial charge in [0.1, 0.15) is 5.82 Å². The Morgan fingerprint density at radius 3 is 2.89 bits per heavy atom. The van der Waals surface area contributed by atoms with Crippen LogP contribution in [0.25, 0.3) is 0 Å². The van der Waals surface area contributed by atoms with Crippen LogP contribution in [0.1, 0.15) is 5.82 Å². The third-order valence-electron chi connectivity index (χ3n) is 2.31. The molecular formula is C9H12ClN5O2S. The average molecular weight is 290 g/mol. The predicted molar refractivity (Wildman–Crippen MR) is 65.7 cm³/mol. The van der Waals surface area contributed by atoms with Crippen molar-refractivity contribution in [1.82, 2.24) is 24.5 Å². The zero-order valence-electron chi connectivity index (χ0n) is 9.59. The van der Waals surface area contributed by atoms with Gasteiger partial charge in [-0.1, -0.05) is 11.6 Å². The van der Waals surface area contributed by atoms with Gasteiger partial charge in [0, 0.05) is 32.4 Å². The average Bonchev–Trinajstić information content (AvgIpc) is 2.89. The van der Waals surface area contributed by atoms with E-state index in [2.05, 4.69) is 19.8 Å². The van der Waals surface area contributed by atoms with Crippen molar-refractivity contribution in [2.75, 3.05) is 6.54 Å². The van der Waals surface area contributed by atoms with Gasteiger partial charge in [0.25, 0.3) is 10.0 Å². The fraction of sp³-hybridized carbons (Fsp3) is 0.333. The van der Waals surface area contributed by atoms with Gasteiger partial charge in [-0.15, -0.1) is 0 Å². The number of H-pyrrole nitrogens is 1. The molecule has 0 radical (unpaired) electrons. The molecule has 0 saturated carbocycles. The molecule has 0 aliphatic heterocycles. The van der Waals surface area contributed by atoms with Gasteiger partial charge < -0.3 is 4.98 Å². The summed E-state index contributed by atoms with van der Waals surface area (Å²) in [6.45, 7) is 0.233. The van der Waals surface area contributed by atoms with E-state index in [1.165, 1.54) is 17.9 Å². The van der Waals surface area contributed by atoms with Crippen molar-refractivity contribution in [3.63, 3.8) is 0 Å². The highest BCUT2D eigenvalue weighted by Gasteiger charge is 2.22. The lowest BCUT2D eigenvalue weighted by molar-refractivity contribution is 0.563. The van der Waals surface area contributed by atoms with E-state index in [-0.39, 0.29) is 16.6 Å². The van der Waals surface area contributed by atoms with Crippen molar-refractivity contribution in [1.29, 1.82) is 0 Å². The molecule has 0 unspecified atom stereocenters. The Morgan fingerprint density at radius 2 is 2.33 bits per heavy atom. The van der Waals surface area contributed by atoms with Crippen LogP contribution in [0.2, 0.25) is 5.02 Å². The quantitative estimate of drug-likeness (QED) is 0.829. The summed E-state index contributed by atoms with van der Waals surface area (Å²) >= 11 is 5.79. The maximum atomic E-state index is 12.0. The minimum Gasteiger partial charge on any atom is -0.349 e. The van der Waals surface area contributed by atoms with Crippen LogP contribution >= 0.6 is 11.6 Å². The predicted octanol–water partition coefficient (Wildman–Crippen LogP) is 0.318. The molecule has 0 aromatic carbocycles. The monoisotopic (exact) mass is 289 g/mol. The number of nitrogens with one attached hydrogen (secondary N) is 2. The van der Waals surface area contributed by atoms with Crippen molar-refractivity contribution in [2.24, 2.45) is 7.05 Å². The number of imidazole rings is 1. The lowest BCUT2D eigenvalue weighted by Crippen LogP contribution is -2.28. The molecule has 0 spiro atoms. The van der Waals surface area contributed by atoms with Gasteiger partial charge >= 0.3 is 0 Å². The number of aromatic nitrogens is 4. The van der Waals surface area contributed by atoms with Gasteiger partial charge in [-0.3, -0.25) is 4.68 Å². The van der Waals surface area contributed by atoms with Crippen molar-refractivity contribution in [2.45, 2.75) is 11.4 Å². The van der Waals surface area contributed by atoms with Crippen LogP contribution in [-0.2, 0) is 23.5 Å². The standard InChI is InChI=1S/C9H12ClN5O2S/c1-15-9(7(10)6-13-15)18(16,17)14-3-2-8-11-4-5-12-8/h4-6,14H,2-3H2,1H3,(H,11,12). The Labute approximate surface area is 109 Å². The van der Waals surface area contributed by atoms with E-state index < -0.39 is 10.0 Å². The minimum absolute atomic E-state index is 0.0383. The summed E-state index contributed by atoms with van der Waals surface area (Å²) in [5.74, 6) is 0.716. The first-order valence-electron chi connectivity index (χ1n) is 5.16. The molecule has 98 valence electrons. The van der Waals surface area contributed by atoms with Gasteiger partial charge in [-0.25, -0.2) is 18.1 Å². The molecule has 0 saturated heterocycles. The first-order chi connectivity index (χ1) is 8.50. The van der Waals surface area contributed by atoms with E-state index in [1.807, 2.05) is 0 Å². The topological polar surface area (TPSA) is 92.7 Å². The van der Waals surface area contributed by atoms with E-state index in [0.717, 1.165) is 0 Å². The van der Waals surface area contributed by atoms with E-state index in [9.17, 15) is 8.42 Å². The number of nitrogens with zero attached hydrogens (tertiary/aromatic N) is 3. The number of hydrogen-bond donors (Lipinski definition) is 2. The third-order valence-corrected chi connectivity index (χ3v) is 4.27. The molecule has 2 aromatic rings. The Bertz CT molecular complexity index is 600. The number of rotatable bonds is 5. The molecule has 9 heteroatoms. The maximum Gasteiger partial charge on any atom is 0.259 e. The second-order valence-electron chi connectivity index (χ2n) is 3.60. The van der Waals surface area contributed by atoms with Gasteiger partial charge in [0.15, 0.2) is 5.03 Å². The van der Waals surface area contributed by atoms with E-state index >= 15 is 0 Å². The molecule has 2 aromatic heterocycles. The second-order valence-corrected chi connectivity index (χ2v) is 5.69. The van der Waals surface area contributed by atoms with Crippen LogP contribution in [0.3, 0.4) is 0 Å². The Balaban J connectivity index is 2.04. The van der Waals surface area contributed by atoms with Crippen LogP contribution in [-0.4, -0.2) is 34.7 Å². The molecule has 0 bridgehead atoms. The highest BCUT2D eigenvalue weighted by molar-refractivity contribution is 7.89. The van der Waals surface area contributed by atoms with Gasteiger partial charge in [-0.2, -0.15) is 5.10 Å². The van der Waals surface area contributed by atoms with E-state index in [1.54, 1.807) is 12.4 Å². The molecule has 2 heterocycles. The maximum absolute atomic E-state index is 12.0. The largest absolute Gasteiger partial charge is 0.349 e. The van der Waals surface area contributed by atoms with Crippen molar-refractivity contribution >= 4 is 21.6 Å². The summed E-state index contributed by atoms with van der Waals surface area (Å²) in [7, 11) is -2.13. The van der Waals surface area contributed by atoms with Gasteiger partial charge in [0.2, 0.25) is 0 Å². The third kappa shape index (κ3) is 2.71. The lowest BCUT2D eigenvalue weighted by atomic mass is 10.4. The molecule has 0 amide bonds. The van der Waals surface area contributed by atoms with Gasteiger partial charge in [-0.05, 0) is 0 Å². The fourth-order valence-corrected chi connectivity index (χ4v) is 3.19. The Kier molecular flexibility index (Phi) is 3.69. The molecule has 18 heavy (non-hydrogen) atoms. The van der Waals surface area contributed by atoms with Crippen molar-refractivity contribution < 1.29 is 8.42 Å². The first-order valence-corrected chi connectivity index (χ1v) is 7.02. The zero-order chi connectivity index (χ0) is 13.2. The molecule has 0 aliphatic rings. The van der Waals surface area contributed by atoms with Crippen LogP contribution in [0.5, 0.6) is 0 Å². The van der Waals surface area contributed by atoms with E-state index in [0.29, 0.717) is 12.2 Å². The molecule has 0 atom stereocenters. The molecule has 0 fully saturated rings. The van der Waals surface area contributed by atoms with Crippen molar-refractivity contribution in [3.05, 3.63) is 29.4 Å². The van der Waals surface area contributed by atoms with Crippen LogP contribution in [0.15, 0.2) is 23.6 Å². The second kappa shape index (κ2) is 5.09. The smallest absolute Gasteiger partial charge is 0.259 e. The summed E-state index contributed by atoms with van der Waals surface area (Å²) in [4.78, 5) is 6.89. The summed E-state index contributed by atoms with van der Waals surface area (Å²) in [6, 6.07) is 0. The summed E-state index contributed by atoms with van der Waals surface area (Å²) < 4.78 is 27.6. The molecule has 7 nitrogen and oxygen atoms in total. The Hall–Kier alpha value is -1.38. The molecular weight excluding hydrogens is 278 g/mol. The highest BCUT2D eigenvalue weighted by Crippen LogP contribution is 2.19. The Morgan fingerprint density at radius 1 is 1.56 bits per heavy atom. The van der Waals surface area contributed by atoms with Crippen LogP contribution in [0, 0.1) is 0 Å². The number of aromatic amines is 1. The lowest BCUT2D eigenvalue weighted by Gasteiger charge is -2.06. The summed E-state index contributed by atoms with van der Waals surface area (Å²) in [6.07, 6.45) is 5.06. The van der Waals surface area contributed by atoms with Crippen molar-refractivity contribution in [3.8, 4) is 0 Å². The fourth-order valence-electron chi connectivity index (χ4n) is 1.51. The molecule has 2 N–H and O–H groups in total. The molecule has 2 rings (SSSR count). The number of aryl methyl sites for hydroxylation is 1. The normalized spacial score (nSPS) is 11.9. The van der Waals surface area contributed by atoms with E-state index in [4.69, 9.17) is 11.6 Å².